The molecule has 0 radical (unpaired) electrons. The summed E-state index contributed by atoms with van der Waals surface area (Å²) in [5.41, 5.74) is 2.32. The minimum absolute atomic E-state index is 0.0401. The minimum atomic E-state index is -0.397. The third-order valence-electron chi connectivity index (χ3n) is 4.65. The molecule has 0 unspecified atom stereocenters. The van der Waals surface area contributed by atoms with Crippen molar-refractivity contribution < 1.29 is 9.18 Å². The number of carbonyl (C=O) groups is 1. The number of hydrogen-bond acceptors (Lipinski definition) is 2. The van der Waals surface area contributed by atoms with Crippen LogP contribution in [0.4, 0.5) is 14.9 Å². The van der Waals surface area contributed by atoms with Gasteiger partial charge in [-0.05, 0) is 49.1 Å². The molecule has 1 saturated heterocycles. The fourth-order valence-electron chi connectivity index (χ4n) is 3.68. The summed E-state index contributed by atoms with van der Waals surface area (Å²) in [5.74, 6) is -0.397. The Morgan fingerprint density at radius 1 is 1.35 bits per heavy atom. The monoisotopic (exact) mass is 375 g/mol. The van der Waals surface area contributed by atoms with E-state index in [4.69, 9.17) is 0 Å². The average Bonchev–Trinajstić information content (AvgIpc) is 2.84. The fourth-order valence-corrected chi connectivity index (χ4v) is 4.08. The lowest BCUT2D eigenvalue weighted by molar-refractivity contribution is 0.178. The lowest BCUT2D eigenvalue weighted by Gasteiger charge is -2.36. The first-order valence-electron chi connectivity index (χ1n) is 7.61. The Balaban J connectivity index is 1.62. The second kappa shape index (κ2) is 5.60. The van der Waals surface area contributed by atoms with Gasteiger partial charge in [0.1, 0.15) is 0 Å². The van der Waals surface area contributed by atoms with Crippen molar-refractivity contribution in [1.82, 2.24) is 9.88 Å². The van der Waals surface area contributed by atoms with Crippen molar-refractivity contribution in [3.05, 3.63) is 58.1 Å². The summed E-state index contributed by atoms with van der Waals surface area (Å²) in [6.07, 6.45) is 3.78. The SMILES string of the molecule is O=C(Nc1cccc(Br)c1)N1[C@@H]2CC[C@H]1c1ccnc(F)c1C2. The largest absolute Gasteiger partial charge is 0.322 e. The van der Waals surface area contributed by atoms with Crippen LogP contribution >= 0.6 is 15.9 Å². The maximum absolute atomic E-state index is 13.9. The van der Waals surface area contributed by atoms with Crippen molar-refractivity contribution in [3.63, 3.8) is 0 Å². The van der Waals surface area contributed by atoms with Gasteiger partial charge in [0.05, 0.1) is 6.04 Å². The van der Waals surface area contributed by atoms with Gasteiger partial charge >= 0.3 is 6.03 Å². The molecule has 0 aliphatic carbocycles. The van der Waals surface area contributed by atoms with E-state index in [1.165, 1.54) is 6.20 Å². The molecule has 0 spiro atoms. The van der Waals surface area contributed by atoms with Crippen molar-refractivity contribution in [2.45, 2.75) is 31.3 Å². The lowest BCUT2D eigenvalue weighted by Crippen LogP contribution is -2.44. The van der Waals surface area contributed by atoms with Gasteiger partial charge in [-0.25, -0.2) is 9.78 Å². The Morgan fingerprint density at radius 3 is 3.04 bits per heavy atom. The van der Waals surface area contributed by atoms with Crippen molar-refractivity contribution in [3.8, 4) is 0 Å². The van der Waals surface area contributed by atoms with Crippen LogP contribution in [0, 0.1) is 5.95 Å². The summed E-state index contributed by atoms with van der Waals surface area (Å²) in [6.45, 7) is 0. The lowest BCUT2D eigenvalue weighted by atomic mass is 9.95. The van der Waals surface area contributed by atoms with E-state index < -0.39 is 5.95 Å². The standard InChI is InChI=1S/C17H15BrFN3O/c18-10-2-1-3-11(8-10)21-17(23)22-12-4-5-15(22)13-6-7-20-16(19)14(13)9-12/h1-3,6-8,12,15H,4-5,9H2,(H,21,23)/t12-,15+/m1/s1. The van der Waals surface area contributed by atoms with E-state index >= 15 is 0 Å². The molecule has 0 saturated carbocycles. The van der Waals surface area contributed by atoms with Crippen LogP contribution in [0.25, 0.3) is 0 Å². The van der Waals surface area contributed by atoms with Crippen LogP contribution < -0.4 is 5.32 Å². The zero-order chi connectivity index (χ0) is 16.0. The number of rotatable bonds is 1. The van der Waals surface area contributed by atoms with Crippen molar-refractivity contribution in [2.24, 2.45) is 0 Å². The number of fused-ring (bicyclic) bond motifs is 4. The number of halogens is 2. The molecule has 3 heterocycles. The molecule has 2 aliphatic rings. The molecule has 4 rings (SSSR count). The molecule has 2 bridgehead atoms. The minimum Gasteiger partial charge on any atom is -0.314 e. The van der Waals surface area contributed by atoms with E-state index in [0.29, 0.717) is 12.0 Å². The summed E-state index contributed by atoms with van der Waals surface area (Å²) >= 11 is 3.40. The number of urea groups is 1. The molecule has 2 aromatic rings. The maximum Gasteiger partial charge on any atom is 0.322 e. The zero-order valence-corrected chi connectivity index (χ0v) is 13.9. The number of hydrogen-bond donors (Lipinski definition) is 1. The summed E-state index contributed by atoms with van der Waals surface area (Å²) in [5, 5.41) is 2.95. The number of carbonyl (C=O) groups excluding carboxylic acids is 1. The molecule has 2 aliphatic heterocycles. The van der Waals surface area contributed by atoms with Crippen LogP contribution in [0.1, 0.15) is 30.0 Å². The van der Waals surface area contributed by atoms with Crippen LogP contribution in [0.3, 0.4) is 0 Å². The predicted octanol–water partition coefficient (Wildman–Crippen LogP) is 4.28. The summed E-state index contributed by atoms with van der Waals surface area (Å²) in [4.78, 5) is 18.3. The van der Waals surface area contributed by atoms with Crippen LogP contribution in [0.2, 0.25) is 0 Å². The van der Waals surface area contributed by atoms with Gasteiger partial charge in [0.2, 0.25) is 5.95 Å². The van der Waals surface area contributed by atoms with Crippen LogP contribution in [0.5, 0.6) is 0 Å². The normalized spacial score (nSPS) is 21.9. The molecule has 1 fully saturated rings. The molecule has 1 aromatic heterocycles. The molecule has 118 valence electrons. The van der Waals surface area contributed by atoms with Crippen LogP contribution in [-0.2, 0) is 6.42 Å². The highest BCUT2D eigenvalue weighted by Gasteiger charge is 2.43. The average molecular weight is 376 g/mol. The van der Waals surface area contributed by atoms with Gasteiger partial charge in [0.25, 0.3) is 0 Å². The maximum atomic E-state index is 13.9. The van der Waals surface area contributed by atoms with E-state index in [1.807, 2.05) is 35.2 Å². The van der Waals surface area contributed by atoms with Crippen molar-refractivity contribution >= 4 is 27.6 Å². The molecule has 1 N–H and O–H groups in total. The number of amides is 2. The number of aromatic nitrogens is 1. The second-order valence-corrected chi connectivity index (χ2v) is 6.88. The molecule has 1 aromatic carbocycles. The molecule has 4 nitrogen and oxygen atoms in total. The highest BCUT2D eigenvalue weighted by atomic mass is 79.9. The Hall–Kier alpha value is -1.95. The first-order valence-corrected chi connectivity index (χ1v) is 8.41. The van der Waals surface area contributed by atoms with E-state index in [2.05, 4.69) is 26.2 Å². The second-order valence-electron chi connectivity index (χ2n) is 5.97. The number of anilines is 1. The third-order valence-corrected chi connectivity index (χ3v) is 5.14. The number of nitrogens with zero attached hydrogens (tertiary/aromatic N) is 2. The van der Waals surface area contributed by atoms with E-state index in [9.17, 15) is 9.18 Å². The van der Waals surface area contributed by atoms with Gasteiger partial charge in [0.15, 0.2) is 0 Å². The zero-order valence-electron chi connectivity index (χ0n) is 12.3. The summed E-state index contributed by atoms with van der Waals surface area (Å²) in [6, 6.07) is 9.19. The van der Waals surface area contributed by atoms with E-state index in [1.54, 1.807) is 0 Å². The summed E-state index contributed by atoms with van der Waals surface area (Å²) < 4.78 is 14.8. The third kappa shape index (κ3) is 2.51. The molecule has 2 atom stereocenters. The van der Waals surface area contributed by atoms with Crippen LogP contribution in [-0.4, -0.2) is 22.0 Å². The molecule has 6 heteroatoms. The summed E-state index contributed by atoms with van der Waals surface area (Å²) in [7, 11) is 0. The first kappa shape index (κ1) is 14.6. The van der Waals surface area contributed by atoms with Gasteiger partial charge in [0, 0.05) is 28.0 Å². The Bertz CT molecular complexity index is 782. The smallest absolute Gasteiger partial charge is 0.314 e. The highest BCUT2D eigenvalue weighted by Crippen LogP contribution is 2.44. The molecular formula is C17H15BrFN3O. The highest BCUT2D eigenvalue weighted by molar-refractivity contribution is 9.10. The van der Waals surface area contributed by atoms with Gasteiger partial charge in [-0.1, -0.05) is 22.0 Å². The Kier molecular flexibility index (Phi) is 3.56. The van der Waals surface area contributed by atoms with E-state index in [0.717, 1.165) is 28.6 Å². The van der Waals surface area contributed by atoms with Gasteiger partial charge in [-0.3, -0.25) is 0 Å². The van der Waals surface area contributed by atoms with Crippen LogP contribution in [0.15, 0.2) is 41.0 Å². The quantitative estimate of drug-likeness (QED) is 0.756. The first-order chi connectivity index (χ1) is 11.1. The number of nitrogens with one attached hydrogen (secondary N) is 1. The van der Waals surface area contributed by atoms with Gasteiger partial charge in [-0.2, -0.15) is 4.39 Å². The number of pyridine rings is 1. The molecular weight excluding hydrogens is 361 g/mol. The van der Waals surface area contributed by atoms with Gasteiger partial charge < -0.3 is 10.2 Å². The van der Waals surface area contributed by atoms with Crippen molar-refractivity contribution in [1.29, 1.82) is 0 Å². The molecule has 23 heavy (non-hydrogen) atoms. The fraction of sp³-hybridized carbons (Fsp3) is 0.294. The number of benzene rings is 1. The Labute approximate surface area is 141 Å². The van der Waals surface area contributed by atoms with Gasteiger partial charge in [-0.15, -0.1) is 0 Å². The van der Waals surface area contributed by atoms with E-state index in [-0.39, 0.29) is 18.1 Å². The predicted molar refractivity (Wildman–Crippen MR) is 88.7 cm³/mol. The topological polar surface area (TPSA) is 45.2 Å². The Morgan fingerprint density at radius 2 is 2.22 bits per heavy atom. The molecule has 2 amide bonds. The van der Waals surface area contributed by atoms with Crippen molar-refractivity contribution in [2.75, 3.05) is 5.32 Å².